The second-order valence-corrected chi connectivity index (χ2v) is 9.28. The summed E-state index contributed by atoms with van der Waals surface area (Å²) < 4.78 is 23.1. The molecule has 1 aliphatic heterocycles. The summed E-state index contributed by atoms with van der Waals surface area (Å²) in [7, 11) is -2.87. The highest BCUT2D eigenvalue weighted by atomic mass is 127. The van der Waals surface area contributed by atoms with Gasteiger partial charge in [0.2, 0.25) is 0 Å². The third-order valence-corrected chi connectivity index (χ3v) is 6.17. The lowest BCUT2D eigenvalue weighted by atomic mass is 10.1. The van der Waals surface area contributed by atoms with E-state index in [1.807, 2.05) is 45.0 Å². The van der Waals surface area contributed by atoms with Crippen molar-refractivity contribution in [3.8, 4) is 0 Å². The fourth-order valence-corrected chi connectivity index (χ4v) is 4.90. The lowest BCUT2D eigenvalue weighted by Crippen LogP contribution is -2.42. The van der Waals surface area contributed by atoms with E-state index < -0.39 is 9.84 Å². The maximum atomic E-state index is 11.6. The first-order chi connectivity index (χ1) is 11.3. The third kappa shape index (κ3) is 7.30. The molecule has 2 atom stereocenters. The van der Waals surface area contributed by atoms with E-state index in [1.165, 1.54) is 0 Å². The van der Waals surface area contributed by atoms with Crippen molar-refractivity contribution in [2.24, 2.45) is 10.9 Å². The van der Waals surface area contributed by atoms with Crippen LogP contribution in [0.2, 0.25) is 5.02 Å². The van der Waals surface area contributed by atoms with Crippen LogP contribution in [0.15, 0.2) is 29.3 Å². The first kappa shape index (κ1) is 22.5. The molecule has 0 radical (unpaired) electrons. The van der Waals surface area contributed by atoms with Gasteiger partial charge in [-0.3, -0.25) is 4.99 Å². The third-order valence-electron chi connectivity index (χ3n) is 3.98. The molecule has 2 N–H and O–H groups in total. The van der Waals surface area contributed by atoms with Crippen molar-refractivity contribution in [1.82, 2.24) is 10.6 Å². The van der Waals surface area contributed by atoms with Gasteiger partial charge >= 0.3 is 0 Å². The Morgan fingerprint density at radius 2 is 1.96 bits per heavy atom. The summed E-state index contributed by atoms with van der Waals surface area (Å²) in [5.74, 6) is 1.31. The summed E-state index contributed by atoms with van der Waals surface area (Å²) in [5, 5.41) is 7.36. The molecule has 1 aromatic rings. The summed E-state index contributed by atoms with van der Waals surface area (Å²) in [6, 6.07) is 7.93. The van der Waals surface area contributed by atoms with Crippen molar-refractivity contribution in [3.63, 3.8) is 0 Å². The Labute approximate surface area is 173 Å². The van der Waals surface area contributed by atoms with Gasteiger partial charge in [-0.2, -0.15) is 0 Å². The number of benzene rings is 1. The predicted molar refractivity (Wildman–Crippen MR) is 116 cm³/mol. The van der Waals surface area contributed by atoms with Crippen molar-refractivity contribution in [3.05, 3.63) is 34.9 Å². The molecule has 142 valence electrons. The lowest BCUT2D eigenvalue weighted by molar-refractivity contribution is 0.584. The summed E-state index contributed by atoms with van der Waals surface area (Å²) in [4.78, 5) is 4.59. The van der Waals surface area contributed by atoms with Gasteiger partial charge in [0.05, 0.1) is 17.5 Å². The molecule has 25 heavy (non-hydrogen) atoms. The van der Waals surface area contributed by atoms with Crippen molar-refractivity contribution in [2.45, 2.75) is 39.3 Å². The number of hydrogen-bond donors (Lipinski definition) is 2. The number of rotatable bonds is 5. The zero-order valence-electron chi connectivity index (χ0n) is 14.8. The molecule has 0 spiro atoms. The fraction of sp³-hybridized carbons (Fsp3) is 0.588. The van der Waals surface area contributed by atoms with Crippen LogP contribution in [-0.4, -0.2) is 38.5 Å². The Balaban J connectivity index is 0.00000312. The minimum atomic E-state index is -2.87. The molecule has 0 aromatic heterocycles. The molecule has 0 amide bonds. The van der Waals surface area contributed by atoms with Gasteiger partial charge in [0.15, 0.2) is 15.8 Å². The number of aliphatic imine (C=N–C) groups is 1. The smallest absolute Gasteiger partial charge is 0.191 e. The normalized spacial score (nSPS) is 20.8. The molecule has 1 heterocycles. The molecular weight excluding hydrogens is 473 g/mol. The van der Waals surface area contributed by atoms with E-state index in [0.717, 1.165) is 5.56 Å². The van der Waals surface area contributed by atoms with Gasteiger partial charge in [-0.05, 0) is 44.7 Å². The van der Waals surface area contributed by atoms with Gasteiger partial charge in [0.25, 0.3) is 0 Å². The quantitative estimate of drug-likeness (QED) is 0.370. The van der Waals surface area contributed by atoms with Crippen LogP contribution >= 0.6 is 35.6 Å². The maximum absolute atomic E-state index is 11.6. The van der Waals surface area contributed by atoms with Crippen LogP contribution in [0.4, 0.5) is 0 Å². The second-order valence-electron chi connectivity index (χ2n) is 6.64. The average Bonchev–Trinajstić information content (AvgIpc) is 2.84. The van der Waals surface area contributed by atoms with Crippen LogP contribution < -0.4 is 10.6 Å². The Morgan fingerprint density at radius 3 is 2.52 bits per heavy atom. The first-order valence-electron chi connectivity index (χ1n) is 8.29. The number of nitrogens with zero attached hydrogens (tertiary/aromatic N) is 1. The van der Waals surface area contributed by atoms with Gasteiger partial charge < -0.3 is 10.6 Å². The van der Waals surface area contributed by atoms with Gasteiger partial charge in [0.1, 0.15) is 0 Å². The minimum Gasteiger partial charge on any atom is -0.354 e. The Kier molecular flexibility index (Phi) is 8.97. The highest BCUT2D eigenvalue weighted by molar-refractivity contribution is 14.0. The standard InChI is InChI=1S/C17H26ClN3O2S.HI/c1-12(2)20-17(19-10-14-8-9-24(22,23)11-14)21-13(3)15-6-4-5-7-16(15)18;/h4-7,12-14H,8-11H2,1-3H3,(H2,19,20,21);1H. The first-order valence-corrected chi connectivity index (χ1v) is 10.5. The summed E-state index contributed by atoms with van der Waals surface area (Å²) >= 11 is 6.25. The molecule has 0 bridgehead atoms. The van der Waals surface area contributed by atoms with E-state index in [2.05, 4.69) is 15.6 Å². The zero-order valence-corrected chi connectivity index (χ0v) is 18.7. The van der Waals surface area contributed by atoms with Crippen molar-refractivity contribution in [1.29, 1.82) is 0 Å². The highest BCUT2D eigenvalue weighted by Gasteiger charge is 2.27. The molecule has 2 unspecified atom stereocenters. The number of halogens is 2. The molecule has 0 saturated carbocycles. The molecule has 1 saturated heterocycles. The summed E-state index contributed by atoms with van der Waals surface area (Å²) in [6.07, 6.45) is 0.695. The topological polar surface area (TPSA) is 70.6 Å². The highest BCUT2D eigenvalue weighted by Crippen LogP contribution is 2.22. The fourth-order valence-electron chi connectivity index (χ4n) is 2.75. The van der Waals surface area contributed by atoms with Gasteiger partial charge in [-0.25, -0.2) is 8.42 Å². The van der Waals surface area contributed by atoms with Crippen molar-refractivity contribution < 1.29 is 8.42 Å². The van der Waals surface area contributed by atoms with E-state index in [9.17, 15) is 8.42 Å². The van der Waals surface area contributed by atoms with E-state index in [4.69, 9.17) is 11.6 Å². The van der Waals surface area contributed by atoms with Crippen LogP contribution in [0, 0.1) is 5.92 Å². The number of guanidine groups is 1. The van der Waals surface area contributed by atoms with E-state index in [1.54, 1.807) is 0 Å². The minimum absolute atomic E-state index is 0. The molecular formula is C17H27ClIN3O2S. The predicted octanol–water partition coefficient (Wildman–Crippen LogP) is 3.40. The van der Waals surface area contributed by atoms with Crippen LogP contribution in [0.5, 0.6) is 0 Å². The van der Waals surface area contributed by atoms with E-state index >= 15 is 0 Å². The largest absolute Gasteiger partial charge is 0.354 e. The number of hydrogen-bond acceptors (Lipinski definition) is 3. The molecule has 2 rings (SSSR count). The molecule has 1 aromatic carbocycles. The summed E-state index contributed by atoms with van der Waals surface area (Å²) in [6.45, 7) is 6.62. The Bertz CT molecular complexity index is 695. The number of sulfone groups is 1. The molecule has 1 fully saturated rings. The van der Waals surface area contributed by atoms with Crippen LogP contribution in [-0.2, 0) is 9.84 Å². The van der Waals surface area contributed by atoms with Crippen LogP contribution in [0.1, 0.15) is 38.8 Å². The lowest BCUT2D eigenvalue weighted by Gasteiger charge is -2.21. The van der Waals surface area contributed by atoms with Crippen molar-refractivity contribution >= 4 is 51.4 Å². The SMILES string of the molecule is CC(C)NC(=NCC1CCS(=O)(=O)C1)NC(C)c1ccccc1Cl.I. The zero-order chi connectivity index (χ0) is 17.7. The summed E-state index contributed by atoms with van der Waals surface area (Å²) in [5.41, 5.74) is 1.00. The number of nitrogens with one attached hydrogen (secondary N) is 2. The van der Waals surface area contributed by atoms with Gasteiger partial charge in [-0.1, -0.05) is 29.8 Å². The average molecular weight is 500 g/mol. The van der Waals surface area contributed by atoms with Crippen LogP contribution in [0.25, 0.3) is 0 Å². The Hall–Kier alpha value is -0.540. The maximum Gasteiger partial charge on any atom is 0.191 e. The monoisotopic (exact) mass is 499 g/mol. The second kappa shape index (κ2) is 9.97. The van der Waals surface area contributed by atoms with Gasteiger partial charge in [-0.15, -0.1) is 24.0 Å². The van der Waals surface area contributed by atoms with Crippen LogP contribution in [0.3, 0.4) is 0 Å². The molecule has 8 heteroatoms. The Morgan fingerprint density at radius 1 is 1.28 bits per heavy atom. The molecule has 5 nitrogen and oxygen atoms in total. The van der Waals surface area contributed by atoms with Gasteiger partial charge in [0, 0.05) is 17.6 Å². The van der Waals surface area contributed by atoms with E-state index in [-0.39, 0.29) is 53.5 Å². The molecule has 1 aliphatic rings. The van der Waals surface area contributed by atoms with E-state index in [0.29, 0.717) is 23.9 Å². The van der Waals surface area contributed by atoms with Crippen molar-refractivity contribution in [2.75, 3.05) is 18.1 Å². The molecule has 0 aliphatic carbocycles.